The molecule has 0 aliphatic carbocycles. The fourth-order valence-electron chi connectivity index (χ4n) is 2.19. The first-order valence-corrected chi connectivity index (χ1v) is 6.85. The summed E-state index contributed by atoms with van der Waals surface area (Å²) in [5, 5.41) is 3.57. The molecule has 1 heterocycles. The average Bonchev–Trinajstić information content (AvgIpc) is 2.60. The summed E-state index contributed by atoms with van der Waals surface area (Å²) in [6, 6.07) is 8.75. The molecule has 3 heteroatoms. The topological polar surface area (TPSA) is 30.5 Å². The molecule has 1 aliphatic rings. The minimum absolute atomic E-state index is 0.225. The van der Waals surface area contributed by atoms with E-state index in [2.05, 4.69) is 17.4 Å². The van der Waals surface area contributed by atoms with Gasteiger partial charge >= 0.3 is 0 Å². The van der Waals surface area contributed by atoms with E-state index in [9.17, 15) is 0 Å². The van der Waals surface area contributed by atoms with Crippen LogP contribution in [0.15, 0.2) is 24.3 Å². The zero-order valence-electron chi connectivity index (χ0n) is 11.3. The molecule has 2 rings (SSSR count). The van der Waals surface area contributed by atoms with Crippen molar-refractivity contribution < 1.29 is 9.47 Å². The fourth-order valence-corrected chi connectivity index (χ4v) is 2.19. The summed E-state index contributed by atoms with van der Waals surface area (Å²) in [5.41, 5.74) is 1.16. The van der Waals surface area contributed by atoms with Gasteiger partial charge in [-0.25, -0.2) is 0 Å². The van der Waals surface area contributed by atoms with Crippen molar-refractivity contribution in [3.8, 4) is 5.75 Å². The average molecular weight is 249 g/mol. The van der Waals surface area contributed by atoms with Gasteiger partial charge in [-0.1, -0.05) is 0 Å². The summed E-state index contributed by atoms with van der Waals surface area (Å²) in [6.45, 7) is 5.85. The Morgan fingerprint density at radius 2 is 1.94 bits per heavy atom. The zero-order valence-corrected chi connectivity index (χ0v) is 11.3. The Labute approximate surface area is 109 Å². The summed E-state index contributed by atoms with van der Waals surface area (Å²) < 4.78 is 11.1. The van der Waals surface area contributed by atoms with Gasteiger partial charge in [0.25, 0.3) is 0 Å². The summed E-state index contributed by atoms with van der Waals surface area (Å²) >= 11 is 0. The second kappa shape index (κ2) is 6.64. The molecule has 1 saturated heterocycles. The summed E-state index contributed by atoms with van der Waals surface area (Å²) in [5.74, 6) is 0.930. The number of hydrogen-bond acceptors (Lipinski definition) is 3. The highest BCUT2D eigenvalue weighted by molar-refractivity contribution is 5.47. The molecule has 0 spiro atoms. The van der Waals surface area contributed by atoms with E-state index in [0.717, 1.165) is 37.5 Å². The van der Waals surface area contributed by atoms with E-state index in [0.29, 0.717) is 6.04 Å². The van der Waals surface area contributed by atoms with E-state index < -0.39 is 0 Å². The van der Waals surface area contributed by atoms with Gasteiger partial charge in [-0.2, -0.15) is 0 Å². The van der Waals surface area contributed by atoms with Crippen LogP contribution in [0, 0.1) is 0 Å². The molecule has 1 aliphatic heterocycles. The Morgan fingerprint density at radius 1 is 1.17 bits per heavy atom. The van der Waals surface area contributed by atoms with Gasteiger partial charge in [-0.3, -0.25) is 0 Å². The second-order valence-electron chi connectivity index (χ2n) is 5.08. The fraction of sp³-hybridized carbons (Fsp3) is 0.600. The van der Waals surface area contributed by atoms with Crippen molar-refractivity contribution >= 4 is 5.69 Å². The summed E-state index contributed by atoms with van der Waals surface area (Å²) in [6.07, 6.45) is 3.64. The van der Waals surface area contributed by atoms with Crippen LogP contribution in [-0.4, -0.2) is 25.4 Å². The standard InChI is InChI=1S/C15H23NO2/c1-12(2)18-15-7-5-14(6-8-15)16-13-4-3-10-17-11-9-13/h5-8,12-13,16H,3-4,9-11H2,1-2H3. The SMILES string of the molecule is CC(C)Oc1ccc(NC2CCCOCC2)cc1. The van der Waals surface area contributed by atoms with Crippen LogP contribution in [-0.2, 0) is 4.74 Å². The molecule has 1 unspecified atom stereocenters. The molecule has 18 heavy (non-hydrogen) atoms. The number of anilines is 1. The van der Waals surface area contributed by atoms with Crippen molar-refractivity contribution in [2.45, 2.75) is 45.3 Å². The Balaban J connectivity index is 1.88. The van der Waals surface area contributed by atoms with Gasteiger partial charge in [-0.15, -0.1) is 0 Å². The molecule has 1 fully saturated rings. The van der Waals surface area contributed by atoms with Crippen LogP contribution in [0.25, 0.3) is 0 Å². The van der Waals surface area contributed by atoms with E-state index in [1.807, 2.05) is 26.0 Å². The third-order valence-corrected chi connectivity index (χ3v) is 3.05. The van der Waals surface area contributed by atoms with Gasteiger partial charge in [0, 0.05) is 24.9 Å². The predicted octanol–water partition coefficient (Wildman–Crippen LogP) is 3.45. The number of hydrogen-bond donors (Lipinski definition) is 1. The maximum atomic E-state index is 5.63. The Bertz CT molecular complexity index is 340. The highest BCUT2D eigenvalue weighted by Crippen LogP contribution is 2.20. The molecule has 1 N–H and O–H groups in total. The Kier molecular flexibility index (Phi) is 4.88. The largest absolute Gasteiger partial charge is 0.491 e. The minimum atomic E-state index is 0.225. The molecule has 1 atom stereocenters. The number of rotatable bonds is 4. The molecule has 100 valence electrons. The van der Waals surface area contributed by atoms with E-state index in [1.165, 1.54) is 6.42 Å². The molecule has 0 aromatic heterocycles. The lowest BCUT2D eigenvalue weighted by atomic mass is 10.1. The van der Waals surface area contributed by atoms with Gasteiger partial charge in [0.1, 0.15) is 5.75 Å². The number of nitrogens with one attached hydrogen (secondary N) is 1. The van der Waals surface area contributed by atoms with Crippen LogP contribution in [0.5, 0.6) is 5.75 Å². The lowest BCUT2D eigenvalue weighted by Gasteiger charge is -2.17. The quantitative estimate of drug-likeness (QED) is 0.886. The molecule has 1 aromatic rings. The lowest BCUT2D eigenvalue weighted by Crippen LogP contribution is -2.19. The van der Waals surface area contributed by atoms with Gasteiger partial charge in [0.15, 0.2) is 0 Å². The first-order valence-electron chi connectivity index (χ1n) is 6.85. The lowest BCUT2D eigenvalue weighted by molar-refractivity contribution is 0.144. The number of benzene rings is 1. The first-order chi connectivity index (χ1) is 8.74. The highest BCUT2D eigenvalue weighted by Gasteiger charge is 2.11. The first kappa shape index (κ1) is 13.2. The van der Waals surface area contributed by atoms with E-state index in [-0.39, 0.29) is 6.10 Å². The summed E-state index contributed by atoms with van der Waals surface area (Å²) in [7, 11) is 0. The smallest absolute Gasteiger partial charge is 0.119 e. The van der Waals surface area contributed by atoms with E-state index in [4.69, 9.17) is 9.47 Å². The van der Waals surface area contributed by atoms with Crippen LogP contribution in [0.1, 0.15) is 33.1 Å². The monoisotopic (exact) mass is 249 g/mol. The van der Waals surface area contributed by atoms with E-state index in [1.54, 1.807) is 0 Å². The molecular formula is C15H23NO2. The van der Waals surface area contributed by atoms with Crippen LogP contribution >= 0.6 is 0 Å². The molecule has 0 radical (unpaired) electrons. The van der Waals surface area contributed by atoms with Crippen molar-refractivity contribution in [3.63, 3.8) is 0 Å². The van der Waals surface area contributed by atoms with Crippen molar-refractivity contribution in [2.24, 2.45) is 0 Å². The molecule has 0 bridgehead atoms. The second-order valence-corrected chi connectivity index (χ2v) is 5.08. The normalized spacial score (nSPS) is 20.5. The van der Waals surface area contributed by atoms with Gasteiger partial charge in [0.2, 0.25) is 0 Å². The maximum Gasteiger partial charge on any atom is 0.119 e. The van der Waals surface area contributed by atoms with Crippen LogP contribution in [0.3, 0.4) is 0 Å². The van der Waals surface area contributed by atoms with Crippen LogP contribution in [0.2, 0.25) is 0 Å². The van der Waals surface area contributed by atoms with Gasteiger partial charge in [-0.05, 0) is 57.4 Å². The van der Waals surface area contributed by atoms with Gasteiger partial charge < -0.3 is 14.8 Å². The van der Waals surface area contributed by atoms with Gasteiger partial charge in [0.05, 0.1) is 6.10 Å². The number of ether oxygens (including phenoxy) is 2. The molecular weight excluding hydrogens is 226 g/mol. The zero-order chi connectivity index (χ0) is 12.8. The van der Waals surface area contributed by atoms with Crippen LogP contribution < -0.4 is 10.1 Å². The van der Waals surface area contributed by atoms with Crippen molar-refractivity contribution in [3.05, 3.63) is 24.3 Å². The van der Waals surface area contributed by atoms with Crippen molar-refractivity contribution in [1.82, 2.24) is 0 Å². The molecule has 0 amide bonds. The van der Waals surface area contributed by atoms with Crippen molar-refractivity contribution in [2.75, 3.05) is 18.5 Å². The maximum absolute atomic E-state index is 5.63. The third kappa shape index (κ3) is 4.22. The predicted molar refractivity (Wildman–Crippen MR) is 74.3 cm³/mol. The molecule has 3 nitrogen and oxygen atoms in total. The highest BCUT2D eigenvalue weighted by atomic mass is 16.5. The van der Waals surface area contributed by atoms with E-state index >= 15 is 0 Å². The molecule has 0 saturated carbocycles. The van der Waals surface area contributed by atoms with Crippen LogP contribution in [0.4, 0.5) is 5.69 Å². The van der Waals surface area contributed by atoms with Crippen molar-refractivity contribution in [1.29, 1.82) is 0 Å². The third-order valence-electron chi connectivity index (χ3n) is 3.05. The minimum Gasteiger partial charge on any atom is -0.491 e. The Hall–Kier alpha value is -1.22. The molecule has 1 aromatic carbocycles. The Morgan fingerprint density at radius 3 is 2.67 bits per heavy atom. The summed E-state index contributed by atoms with van der Waals surface area (Å²) in [4.78, 5) is 0.